The van der Waals surface area contributed by atoms with Crippen molar-refractivity contribution >= 4 is 24.0 Å². The van der Waals surface area contributed by atoms with Gasteiger partial charge in [0, 0.05) is 24.3 Å². The molecule has 198 valence electrons. The number of carbonyl (C=O) groups is 3. The predicted molar refractivity (Wildman–Crippen MR) is 143 cm³/mol. The predicted octanol–water partition coefficient (Wildman–Crippen LogP) is 4.38. The summed E-state index contributed by atoms with van der Waals surface area (Å²) in [5.41, 5.74) is 1.61. The average Bonchev–Trinajstić information content (AvgIpc) is 2.85. The third-order valence-corrected chi connectivity index (χ3v) is 3.20. The van der Waals surface area contributed by atoms with Crippen molar-refractivity contribution in [2.24, 2.45) is 0 Å². The lowest BCUT2D eigenvalue weighted by Gasteiger charge is -2.03. The van der Waals surface area contributed by atoms with Gasteiger partial charge < -0.3 is 24.6 Å². The van der Waals surface area contributed by atoms with Crippen molar-refractivity contribution in [3.63, 3.8) is 0 Å². The number of carboxylic acid groups (broad SMARTS) is 1. The van der Waals surface area contributed by atoms with Crippen molar-refractivity contribution in [1.82, 2.24) is 4.90 Å². The Bertz CT molecular complexity index is 713. The zero-order valence-electron chi connectivity index (χ0n) is 21.9. The minimum Gasteiger partial charge on any atom is -0.478 e. The van der Waals surface area contributed by atoms with E-state index in [-0.39, 0.29) is 18.5 Å². The van der Waals surface area contributed by atoms with Crippen LogP contribution in [0, 0.1) is 0 Å². The Labute approximate surface area is 210 Å². The fourth-order valence-electron chi connectivity index (χ4n) is 1.34. The van der Waals surface area contributed by atoms with Gasteiger partial charge >= 0.3 is 17.9 Å². The molecule has 0 unspecified atom stereocenters. The number of ether oxygens (including phenoxy) is 2. The summed E-state index contributed by atoms with van der Waals surface area (Å²) in [6, 6.07) is 10.0. The fourth-order valence-corrected chi connectivity index (χ4v) is 1.34. The molecule has 35 heavy (non-hydrogen) atoms. The van der Waals surface area contributed by atoms with Gasteiger partial charge in [0.15, 0.2) is 0 Å². The molecule has 8 heteroatoms. The first-order valence-electron chi connectivity index (χ1n) is 10.8. The number of aliphatic hydroxyl groups is 1. The highest BCUT2D eigenvalue weighted by Crippen LogP contribution is 1.97. The van der Waals surface area contributed by atoms with Crippen molar-refractivity contribution in [2.75, 3.05) is 41.0 Å². The summed E-state index contributed by atoms with van der Waals surface area (Å²) in [4.78, 5) is 31.7. The van der Waals surface area contributed by atoms with Gasteiger partial charge in [0.25, 0.3) is 0 Å². The number of unbranched alkanes of at least 4 members (excludes halogenated alkanes) is 1. The van der Waals surface area contributed by atoms with Crippen LogP contribution in [0.5, 0.6) is 0 Å². The molecule has 0 atom stereocenters. The molecule has 2 N–H and O–H groups in total. The molecule has 1 aromatic rings. The number of hydrogen-bond acceptors (Lipinski definition) is 7. The Balaban J connectivity index is -0.000000174. The monoisotopic (exact) mass is 493 g/mol. The van der Waals surface area contributed by atoms with E-state index >= 15 is 0 Å². The lowest BCUT2D eigenvalue weighted by molar-refractivity contribution is -0.138. The number of hydrogen-bond donors (Lipinski definition) is 2. The number of aliphatic hydroxyl groups excluding tert-OH is 1. The number of nitrogens with zero attached hydrogens (tertiary/aromatic N) is 1. The maximum atomic E-state index is 10.3. The first-order chi connectivity index (χ1) is 16.5. The highest BCUT2D eigenvalue weighted by molar-refractivity contribution is 5.86. The summed E-state index contributed by atoms with van der Waals surface area (Å²) in [7, 11) is 5.18. The van der Waals surface area contributed by atoms with E-state index in [4.69, 9.17) is 10.2 Å². The van der Waals surface area contributed by atoms with Gasteiger partial charge in [-0.25, -0.2) is 14.4 Å². The molecule has 8 nitrogen and oxygen atoms in total. The fraction of sp³-hybridized carbons (Fsp3) is 0.370. The van der Waals surface area contributed by atoms with Gasteiger partial charge in [-0.3, -0.25) is 0 Å². The zero-order valence-corrected chi connectivity index (χ0v) is 21.9. The molecule has 0 heterocycles. The standard InChI is InChI=1S/C8H8.C7H12O2.C5H8O2.C4H11NO.C3H4O2/c1-2-8-6-4-3-5-7-8;1-3-5-6-9-7(8)4-2;1-4(2)5(6)7-3;1-5(2)3-4-6;1-2-3(4)5/h2-7H,1H2;4H,2-3,5-6H2,1H3;1H2,2-3H3;6H,3-4H2,1-2H3;2H,1H2,(H,4,5). The molecule has 0 saturated heterocycles. The number of rotatable bonds is 9. The number of carbonyl (C=O) groups excluding carboxylic acids is 2. The molecular formula is C27H43NO7. The van der Waals surface area contributed by atoms with Crippen molar-refractivity contribution in [2.45, 2.75) is 26.7 Å². The van der Waals surface area contributed by atoms with Crippen molar-refractivity contribution in [3.05, 3.63) is 79.9 Å². The van der Waals surface area contributed by atoms with E-state index in [1.165, 1.54) is 18.7 Å². The van der Waals surface area contributed by atoms with Crippen molar-refractivity contribution < 1.29 is 34.1 Å². The average molecular weight is 494 g/mol. The Kier molecular flexibility index (Phi) is 33.8. The Morgan fingerprint density at radius 3 is 1.77 bits per heavy atom. The Hall–Kier alpha value is -3.49. The molecule has 0 bridgehead atoms. The molecule has 0 aliphatic rings. The highest BCUT2D eigenvalue weighted by Gasteiger charge is 1.95. The van der Waals surface area contributed by atoms with Crippen LogP contribution in [0.2, 0.25) is 0 Å². The molecule has 0 radical (unpaired) electrons. The minimum atomic E-state index is -0.981. The van der Waals surface area contributed by atoms with Crippen LogP contribution in [0.1, 0.15) is 32.3 Å². The summed E-state index contributed by atoms with van der Waals surface area (Å²) >= 11 is 0. The summed E-state index contributed by atoms with van der Waals surface area (Å²) in [6.07, 6.45) is 5.82. The lowest BCUT2D eigenvalue weighted by Crippen LogP contribution is -2.15. The molecule has 1 aromatic carbocycles. The summed E-state index contributed by atoms with van der Waals surface area (Å²) in [5, 5.41) is 15.8. The molecule has 0 amide bonds. The second kappa shape index (κ2) is 30.5. The van der Waals surface area contributed by atoms with E-state index in [9.17, 15) is 14.4 Å². The summed E-state index contributed by atoms with van der Waals surface area (Å²) in [5.74, 6) is -1.66. The number of likely N-dealkylation sites (N-methyl/N-ethyl adjacent to an activating group) is 1. The van der Waals surface area contributed by atoms with Gasteiger partial charge in [0.1, 0.15) is 0 Å². The second-order valence-corrected chi connectivity index (χ2v) is 6.68. The molecule has 0 fully saturated rings. The largest absolute Gasteiger partial charge is 0.478 e. The van der Waals surface area contributed by atoms with E-state index in [2.05, 4.69) is 35.8 Å². The van der Waals surface area contributed by atoms with Gasteiger partial charge in [-0.15, -0.1) is 0 Å². The summed E-state index contributed by atoms with van der Waals surface area (Å²) in [6.45, 7) is 18.4. The SMILES string of the molecule is C=C(C)C(=O)OC.C=CC(=O)O.C=CC(=O)OCCCC.C=Cc1ccccc1.CN(C)CCO. The van der Waals surface area contributed by atoms with E-state index < -0.39 is 5.97 Å². The third-order valence-electron chi connectivity index (χ3n) is 3.20. The van der Waals surface area contributed by atoms with Gasteiger partial charge in [-0.1, -0.05) is 76.1 Å². The Morgan fingerprint density at radius 2 is 1.57 bits per heavy atom. The maximum Gasteiger partial charge on any atom is 0.332 e. The number of esters is 2. The third kappa shape index (κ3) is 41.3. The molecule has 0 aliphatic carbocycles. The van der Waals surface area contributed by atoms with Crippen LogP contribution in [0.4, 0.5) is 0 Å². The lowest BCUT2D eigenvalue weighted by atomic mass is 10.2. The molecular weight excluding hydrogens is 450 g/mol. The zero-order chi connectivity index (χ0) is 28.1. The smallest absolute Gasteiger partial charge is 0.332 e. The van der Waals surface area contributed by atoms with Crippen LogP contribution >= 0.6 is 0 Å². The quantitative estimate of drug-likeness (QED) is 0.296. The normalized spacial score (nSPS) is 8.31. The number of methoxy groups -OCH3 is 1. The van der Waals surface area contributed by atoms with Gasteiger partial charge in [0.2, 0.25) is 0 Å². The minimum absolute atomic E-state index is 0.257. The topological polar surface area (TPSA) is 113 Å². The van der Waals surface area contributed by atoms with Crippen LogP contribution in [0.15, 0.2) is 74.4 Å². The van der Waals surface area contributed by atoms with Crippen LogP contribution in [0.25, 0.3) is 6.08 Å². The molecule has 1 rings (SSSR count). The van der Waals surface area contributed by atoms with Crippen molar-refractivity contribution in [3.8, 4) is 0 Å². The number of benzene rings is 1. The van der Waals surface area contributed by atoms with Gasteiger partial charge in [-0.2, -0.15) is 0 Å². The van der Waals surface area contributed by atoms with Crippen LogP contribution < -0.4 is 0 Å². The molecule has 0 aromatic heterocycles. The van der Waals surface area contributed by atoms with E-state index in [0.717, 1.165) is 25.5 Å². The highest BCUT2D eigenvalue weighted by atomic mass is 16.5. The van der Waals surface area contributed by atoms with Crippen LogP contribution in [0.3, 0.4) is 0 Å². The second-order valence-electron chi connectivity index (χ2n) is 6.68. The van der Waals surface area contributed by atoms with E-state index in [0.29, 0.717) is 12.2 Å². The van der Waals surface area contributed by atoms with E-state index in [1.54, 1.807) is 6.92 Å². The van der Waals surface area contributed by atoms with E-state index in [1.807, 2.05) is 62.3 Å². The molecule has 0 saturated carbocycles. The molecule has 0 aliphatic heterocycles. The van der Waals surface area contributed by atoms with Crippen LogP contribution in [-0.2, 0) is 23.9 Å². The van der Waals surface area contributed by atoms with Gasteiger partial charge in [0.05, 0.1) is 20.3 Å². The first-order valence-corrected chi connectivity index (χ1v) is 10.8. The first kappa shape index (κ1) is 38.8. The maximum absolute atomic E-state index is 10.3. The molecule has 0 spiro atoms. The number of aliphatic carboxylic acids is 1. The summed E-state index contributed by atoms with van der Waals surface area (Å²) < 4.78 is 8.95. The Morgan fingerprint density at radius 1 is 1.06 bits per heavy atom. The van der Waals surface area contributed by atoms with Gasteiger partial charge in [-0.05, 0) is 33.0 Å². The number of carboxylic acids is 1. The van der Waals surface area contributed by atoms with Crippen molar-refractivity contribution in [1.29, 1.82) is 0 Å². The van der Waals surface area contributed by atoms with Crippen LogP contribution in [-0.4, -0.2) is 74.0 Å².